The molecule has 3 aromatic carbocycles. The smallest absolute Gasteiger partial charge is 0.418 e. The molecule has 0 radical (unpaired) electrons. The first-order valence-electron chi connectivity index (χ1n) is 10.8. The first-order valence-corrected chi connectivity index (χ1v) is 10.8. The van der Waals surface area contributed by atoms with Crippen molar-refractivity contribution in [3.05, 3.63) is 96.6 Å². The van der Waals surface area contributed by atoms with Gasteiger partial charge in [0.15, 0.2) is 6.61 Å². The number of nitrogens with zero attached hydrogens (tertiary/aromatic N) is 1. The van der Waals surface area contributed by atoms with Gasteiger partial charge < -0.3 is 14.6 Å². The number of aliphatic carboxylic acids is 1. The highest BCUT2D eigenvalue weighted by molar-refractivity contribution is 5.95. The van der Waals surface area contributed by atoms with Gasteiger partial charge in [0.1, 0.15) is 5.75 Å². The van der Waals surface area contributed by atoms with E-state index in [1.807, 2.05) is 84.9 Å². The number of para-hydroxylation sites is 2. The molecule has 0 bridgehead atoms. The molecule has 0 aromatic heterocycles. The van der Waals surface area contributed by atoms with Crippen molar-refractivity contribution in [3.8, 4) is 5.75 Å². The van der Waals surface area contributed by atoms with Crippen LogP contribution in [0.25, 0.3) is 6.08 Å². The molecule has 0 atom stereocenters. The topological polar surface area (TPSA) is 76.1 Å². The fraction of sp³-hybridized carbons (Fsp3) is 0.185. The molecule has 0 unspecified atom stereocenters. The molecule has 6 heteroatoms. The Hall–Kier alpha value is -4.06. The van der Waals surface area contributed by atoms with Crippen molar-refractivity contribution in [3.63, 3.8) is 0 Å². The van der Waals surface area contributed by atoms with Gasteiger partial charge in [0.2, 0.25) is 0 Å². The molecule has 33 heavy (non-hydrogen) atoms. The van der Waals surface area contributed by atoms with Crippen LogP contribution >= 0.6 is 0 Å². The fourth-order valence-corrected chi connectivity index (χ4v) is 3.17. The predicted molar refractivity (Wildman–Crippen MR) is 129 cm³/mol. The van der Waals surface area contributed by atoms with Crippen LogP contribution in [0.3, 0.4) is 0 Å². The molecule has 0 fully saturated rings. The standard InChI is InChI=1S/C27H27NO5/c29-26(30)21-33-25-18-11-13-22(20-25)12-5-1-2-10-19-32-27(31)28(23-14-6-3-7-15-23)24-16-8-4-9-17-24/h3-9,11-18,20H,1-2,10,19,21H2,(H,29,30)/b12-5-. The zero-order chi connectivity index (χ0) is 23.3. The van der Waals surface area contributed by atoms with Crippen molar-refractivity contribution in [2.75, 3.05) is 18.1 Å². The summed E-state index contributed by atoms with van der Waals surface area (Å²) in [7, 11) is 0. The summed E-state index contributed by atoms with van der Waals surface area (Å²) in [5.41, 5.74) is 2.45. The molecule has 3 rings (SSSR count). The fourth-order valence-electron chi connectivity index (χ4n) is 3.17. The van der Waals surface area contributed by atoms with E-state index >= 15 is 0 Å². The lowest BCUT2D eigenvalue weighted by Crippen LogP contribution is -2.27. The number of ether oxygens (including phenoxy) is 2. The molecule has 170 valence electrons. The van der Waals surface area contributed by atoms with E-state index in [1.54, 1.807) is 17.0 Å². The molecule has 0 saturated carbocycles. The van der Waals surface area contributed by atoms with Crippen LogP contribution in [0.5, 0.6) is 5.75 Å². The van der Waals surface area contributed by atoms with Crippen molar-refractivity contribution < 1.29 is 24.2 Å². The maximum absolute atomic E-state index is 12.8. The van der Waals surface area contributed by atoms with E-state index < -0.39 is 12.1 Å². The second-order valence-electron chi connectivity index (χ2n) is 7.27. The Labute approximate surface area is 193 Å². The Morgan fingerprint density at radius 1 is 0.848 bits per heavy atom. The number of amides is 1. The number of rotatable bonds is 11. The minimum Gasteiger partial charge on any atom is -0.482 e. The van der Waals surface area contributed by atoms with Gasteiger partial charge in [-0.05, 0) is 61.2 Å². The van der Waals surface area contributed by atoms with E-state index in [1.165, 1.54) is 0 Å². The summed E-state index contributed by atoms with van der Waals surface area (Å²) < 4.78 is 10.7. The minimum atomic E-state index is -1.01. The third kappa shape index (κ3) is 7.85. The number of hydrogen-bond acceptors (Lipinski definition) is 4. The van der Waals surface area contributed by atoms with Crippen LogP contribution in [0, 0.1) is 0 Å². The van der Waals surface area contributed by atoms with Crippen LogP contribution in [0.4, 0.5) is 16.2 Å². The lowest BCUT2D eigenvalue weighted by molar-refractivity contribution is -0.139. The maximum Gasteiger partial charge on any atom is 0.418 e. The molecular formula is C27H27NO5. The molecule has 1 N–H and O–H groups in total. The molecular weight excluding hydrogens is 418 g/mol. The summed E-state index contributed by atoms with van der Waals surface area (Å²) in [5.74, 6) is -0.486. The summed E-state index contributed by atoms with van der Waals surface area (Å²) in [5, 5.41) is 8.70. The van der Waals surface area contributed by atoms with Crippen LogP contribution in [0.15, 0.2) is 91.0 Å². The largest absolute Gasteiger partial charge is 0.482 e. The lowest BCUT2D eigenvalue weighted by Gasteiger charge is -2.22. The molecule has 0 heterocycles. The SMILES string of the molecule is O=C(O)COc1cccc(/C=C\CCCCOC(=O)N(c2ccccc2)c2ccccc2)c1. The number of benzene rings is 3. The zero-order valence-electron chi connectivity index (χ0n) is 18.3. The molecule has 0 spiro atoms. The highest BCUT2D eigenvalue weighted by Gasteiger charge is 2.18. The number of carbonyl (C=O) groups is 2. The van der Waals surface area contributed by atoms with E-state index in [-0.39, 0.29) is 6.61 Å². The first-order chi connectivity index (χ1) is 16.1. The van der Waals surface area contributed by atoms with Crippen LogP contribution in [0.2, 0.25) is 0 Å². The van der Waals surface area contributed by atoms with Crippen LogP contribution in [-0.2, 0) is 9.53 Å². The number of carboxylic acid groups (broad SMARTS) is 1. The zero-order valence-corrected chi connectivity index (χ0v) is 18.3. The Bertz CT molecular complexity index is 1010. The second-order valence-corrected chi connectivity index (χ2v) is 7.27. The van der Waals surface area contributed by atoms with E-state index in [9.17, 15) is 9.59 Å². The van der Waals surface area contributed by atoms with Crippen LogP contribution in [-0.4, -0.2) is 30.4 Å². The Kier molecular flexibility index (Phi) is 9.09. The van der Waals surface area contributed by atoms with Gasteiger partial charge >= 0.3 is 12.1 Å². The van der Waals surface area contributed by atoms with E-state index in [0.29, 0.717) is 12.4 Å². The number of anilines is 2. The van der Waals surface area contributed by atoms with Gasteiger partial charge in [0.05, 0.1) is 18.0 Å². The third-order valence-corrected chi connectivity index (χ3v) is 4.73. The summed E-state index contributed by atoms with van der Waals surface area (Å²) in [4.78, 5) is 25.0. The van der Waals surface area contributed by atoms with Gasteiger partial charge in [-0.2, -0.15) is 0 Å². The molecule has 0 aliphatic rings. The van der Waals surface area contributed by atoms with Crippen LogP contribution < -0.4 is 9.64 Å². The van der Waals surface area contributed by atoms with Crippen molar-refractivity contribution in [2.45, 2.75) is 19.3 Å². The Morgan fingerprint density at radius 2 is 1.52 bits per heavy atom. The first kappa shape index (κ1) is 23.6. The van der Waals surface area contributed by atoms with Crippen molar-refractivity contribution in [2.24, 2.45) is 0 Å². The monoisotopic (exact) mass is 445 g/mol. The number of allylic oxidation sites excluding steroid dienone is 1. The average molecular weight is 446 g/mol. The quantitative estimate of drug-likeness (QED) is 0.350. The van der Waals surface area contributed by atoms with Crippen LogP contribution in [0.1, 0.15) is 24.8 Å². The summed E-state index contributed by atoms with van der Waals surface area (Å²) in [6.45, 7) is -0.0286. The van der Waals surface area contributed by atoms with Gasteiger partial charge in [-0.3, -0.25) is 0 Å². The molecule has 0 aliphatic heterocycles. The van der Waals surface area contributed by atoms with Crippen molar-refractivity contribution in [1.29, 1.82) is 0 Å². The number of hydrogen-bond donors (Lipinski definition) is 1. The van der Waals surface area contributed by atoms with Gasteiger partial charge in [0.25, 0.3) is 0 Å². The van der Waals surface area contributed by atoms with Crippen molar-refractivity contribution in [1.82, 2.24) is 0 Å². The average Bonchev–Trinajstić information content (AvgIpc) is 2.84. The molecule has 6 nitrogen and oxygen atoms in total. The predicted octanol–water partition coefficient (Wildman–Crippen LogP) is 6.31. The highest BCUT2D eigenvalue weighted by Crippen LogP contribution is 2.25. The maximum atomic E-state index is 12.8. The summed E-state index contributed by atoms with van der Waals surface area (Å²) in [6.07, 6.45) is 6.05. The molecule has 0 aliphatic carbocycles. The highest BCUT2D eigenvalue weighted by atomic mass is 16.6. The lowest BCUT2D eigenvalue weighted by atomic mass is 10.1. The molecule has 0 saturated heterocycles. The normalized spacial score (nSPS) is 10.7. The molecule has 3 aromatic rings. The van der Waals surface area contributed by atoms with E-state index in [0.717, 1.165) is 36.2 Å². The minimum absolute atomic E-state index is 0.335. The number of carboxylic acids is 1. The Balaban J connectivity index is 1.44. The summed E-state index contributed by atoms with van der Waals surface area (Å²) >= 11 is 0. The Morgan fingerprint density at radius 3 is 2.15 bits per heavy atom. The van der Waals surface area contributed by atoms with Gasteiger partial charge in [-0.15, -0.1) is 0 Å². The third-order valence-electron chi connectivity index (χ3n) is 4.73. The molecule has 1 amide bonds. The number of unbranched alkanes of at least 4 members (excludes halogenated alkanes) is 2. The second kappa shape index (κ2) is 12.7. The van der Waals surface area contributed by atoms with E-state index in [4.69, 9.17) is 14.6 Å². The van der Waals surface area contributed by atoms with Crippen molar-refractivity contribution >= 4 is 29.5 Å². The van der Waals surface area contributed by atoms with Gasteiger partial charge in [-0.25, -0.2) is 14.5 Å². The number of carbonyl (C=O) groups excluding carboxylic acids is 1. The van der Waals surface area contributed by atoms with Gasteiger partial charge in [-0.1, -0.05) is 60.7 Å². The van der Waals surface area contributed by atoms with E-state index in [2.05, 4.69) is 0 Å². The van der Waals surface area contributed by atoms with Gasteiger partial charge in [0, 0.05) is 0 Å². The summed E-state index contributed by atoms with van der Waals surface area (Å²) in [6, 6.07) is 26.1.